The zero-order valence-corrected chi connectivity index (χ0v) is 12.1. The number of aliphatic carboxylic acids is 1. The molecule has 0 amide bonds. The number of anilines is 1. The number of ether oxygens (including phenoxy) is 1. The fourth-order valence-corrected chi connectivity index (χ4v) is 2.91. The number of rotatable bonds is 3. The minimum atomic E-state index is -0.921. The molecule has 2 aromatic rings. The van der Waals surface area contributed by atoms with Crippen molar-refractivity contribution in [1.82, 2.24) is 0 Å². The minimum absolute atomic E-state index is 0.335. The molecule has 2 aromatic carbocycles. The molecule has 0 aliphatic carbocycles. The molecular formula is C17H16FNO3. The Kier molecular flexibility index (Phi) is 3.71. The smallest absolute Gasteiger partial charge is 0.331 e. The summed E-state index contributed by atoms with van der Waals surface area (Å²) in [4.78, 5) is 13.6. The number of benzene rings is 2. The molecule has 1 atom stereocenters. The van der Waals surface area contributed by atoms with Crippen molar-refractivity contribution in [2.75, 3.05) is 18.6 Å². The molecule has 1 aliphatic heterocycles. The Labute approximate surface area is 127 Å². The number of methoxy groups -OCH3 is 1. The van der Waals surface area contributed by atoms with Gasteiger partial charge in [-0.2, -0.15) is 0 Å². The maximum Gasteiger partial charge on any atom is 0.331 e. The molecule has 0 aromatic heterocycles. The fraction of sp³-hybridized carbons (Fsp3) is 0.235. The van der Waals surface area contributed by atoms with Gasteiger partial charge in [0.15, 0.2) is 6.04 Å². The predicted molar refractivity (Wildman–Crippen MR) is 80.8 cm³/mol. The van der Waals surface area contributed by atoms with Gasteiger partial charge in [0.2, 0.25) is 0 Å². The number of hydrogen-bond acceptors (Lipinski definition) is 3. The van der Waals surface area contributed by atoms with E-state index < -0.39 is 12.0 Å². The van der Waals surface area contributed by atoms with Gasteiger partial charge >= 0.3 is 5.97 Å². The molecule has 0 saturated carbocycles. The Morgan fingerprint density at radius 3 is 2.64 bits per heavy atom. The summed E-state index contributed by atoms with van der Waals surface area (Å²) in [6.45, 7) is 0.558. The van der Waals surface area contributed by atoms with Crippen molar-refractivity contribution in [2.45, 2.75) is 12.5 Å². The summed E-state index contributed by atoms with van der Waals surface area (Å²) in [5.41, 5.74) is 2.43. The van der Waals surface area contributed by atoms with E-state index in [0.29, 0.717) is 18.7 Å². The summed E-state index contributed by atoms with van der Waals surface area (Å²) >= 11 is 0. The largest absolute Gasteiger partial charge is 0.497 e. The second-order valence-electron chi connectivity index (χ2n) is 5.23. The van der Waals surface area contributed by atoms with E-state index in [0.717, 1.165) is 16.9 Å². The lowest BCUT2D eigenvalue weighted by Gasteiger charge is -2.36. The van der Waals surface area contributed by atoms with Crippen LogP contribution in [0.4, 0.5) is 10.1 Å². The molecule has 0 saturated heterocycles. The highest BCUT2D eigenvalue weighted by Gasteiger charge is 2.33. The Bertz CT molecular complexity index is 700. The second kappa shape index (κ2) is 5.67. The summed E-state index contributed by atoms with van der Waals surface area (Å²) in [6, 6.07) is 10.6. The van der Waals surface area contributed by atoms with Gasteiger partial charge in [0.1, 0.15) is 11.6 Å². The van der Waals surface area contributed by atoms with Gasteiger partial charge in [-0.1, -0.05) is 6.07 Å². The van der Waals surface area contributed by atoms with E-state index in [4.69, 9.17) is 4.74 Å². The Hall–Kier alpha value is -2.56. The molecule has 22 heavy (non-hydrogen) atoms. The summed E-state index contributed by atoms with van der Waals surface area (Å²) in [7, 11) is 1.59. The molecule has 5 heteroatoms. The van der Waals surface area contributed by atoms with Gasteiger partial charge in [0.25, 0.3) is 0 Å². The number of fused-ring (bicyclic) bond motifs is 1. The molecule has 1 aliphatic rings. The summed E-state index contributed by atoms with van der Waals surface area (Å²) in [6.07, 6.45) is 0.716. The van der Waals surface area contributed by atoms with Crippen molar-refractivity contribution in [3.63, 3.8) is 0 Å². The van der Waals surface area contributed by atoms with Crippen LogP contribution < -0.4 is 9.64 Å². The topological polar surface area (TPSA) is 49.8 Å². The maximum atomic E-state index is 13.1. The first-order chi connectivity index (χ1) is 10.6. The highest BCUT2D eigenvalue weighted by molar-refractivity contribution is 5.81. The number of carboxylic acids is 1. The van der Waals surface area contributed by atoms with Crippen LogP contribution in [0.5, 0.6) is 5.75 Å². The third-order valence-electron chi connectivity index (χ3n) is 3.97. The predicted octanol–water partition coefficient (Wildman–Crippen LogP) is 3.02. The van der Waals surface area contributed by atoms with Crippen molar-refractivity contribution in [3.05, 3.63) is 59.4 Å². The minimum Gasteiger partial charge on any atom is -0.497 e. The Morgan fingerprint density at radius 2 is 2.00 bits per heavy atom. The molecule has 0 bridgehead atoms. The van der Waals surface area contributed by atoms with Crippen molar-refractivity contribution >= 4 is 11.7 Å². The van der Waals surface area contributed by atoms with Crippen LogP contribution in [0, 0.1) is 5.82 Å². The van der Waals surface area contributed by atoms with Crippen LogP contribution in [-0.2, 0) is 11.2 Å². The molecule has 1 N–H and O–H groups in total. The van der Waals surface area contributed by atoms with E-state index in [1.165, 1.54) is 12.1 Å². The Balaban J connectivity index is 2.03. The molecular weight excluding hydrogens is 285 g/mol. The first-order valence-corrected chi connectivity index (χ1v) is 7.02. The first-order valence-electron chi connectivity index (χ1n) is 7.02. The van der Waals surface area contributed by atoms with Gasteiger partial charge < -0.3 is 14.7 Å². The zero-order chi connectivity index (χ0) is 15.7. The van der Waals surface area contributed by atoms with E-state index in [-0.39, 0.29) is 5.82 Å². The normalized spacial score (nSPS) is 17.0. The van der Waals surface area contributed by atoms with Crippen molar-refractivity contribution in [3.8, 4) is 5.75 Å². The van der Waals surface area contributed by atoms with E-state index in [1.807, 2.05) is 6.07 Å². The van der Waals surface area contributed by atoms with E-state index in [9.17, 15) is 14.3 Å². The maximum absolute atomic E-state index is 13.1. The Morgan fingerprint density at radius 1 is 1.27 bits per heavy atom. The van der Waals surface area contributed by atoms with Crippen LogP contribution in [0.1, 0.15) is 17.2 Å². The highest BCUT2D eigenvalue weighted by Crippen LogP contribution is 2.35. The monoisotopic (exact) mass is 301 g/mol. The van der Waals surface area contributed by atoms with Gasteiger partial charge in [-0.05, 0) is 53.9 Å². The van der Waals surface area contributed by atoms with E-state index in [2.05, 4.69) is 0 Å². The van der Waals surface area contributed by atoms with Gasteiger partial charge in [-0.15, -0.1) is 0 Å². The van der Waals surface area contributed by atoms with Crippen molar-refractivity contribution < 1.29 is 19.0 Å². The van der Waals surface area contributed by atoms with Crippen LogP contribution in [0.25, 0.3) is 0 Å². The number of carboxylic acid groups (broad SMARTS) is 1. The zero-order valence-electron chi connectivity index (χ0n) is 12.1. The van der Waals surface area contributed by atoms with Crippen LogP contribution in [0.3, 0.4) is 0 Å². The third-order valence-corrected chi connectivity index (χ3v) is 3.97. The number of hydrogen-bond donors (Lipinski definition) is 1. The average Bonchev–Trinajstić information content (AvgIpc) is 2.53. The lowest BCUT2D eigenvalue weighted by atomic mass is 9.91. The molecule has 3 rings (SSSR count). The van der Waals surface area contributed by atoms with Crippen LogP contribution in [0.2, 0.25) is 0 Å². The van der Waals surface area contributed by atoms with Gasteiger partial charge in [-0.3, -0.25) is 0 Å². The molecule has 0 radical (unpaired) electrons. The summed E-state index contributed by atoms with van der Waals surface area (Å²) < 4.78 is 18.3. The third kappa shape index (κ3) is 2.50. The van der Waals surface area contributed by atoms with Gasteiger partial charge in [0, 0.05) is 12.2 Å². The second-order valence-corrected chi connectivity index (χ2v) is 5.23. The molecule has 0 fully saturated rings. The molecule has 114 valence electrons. The first kappa shape index (κ1) is 14.4. The molecule has 1 heterocycles. The summed E-state index contributed by atoms with van der Waals surface area (Å²) in [5.74, 6) is -0.536. The van der Waals surface area contributed by atoms with Crippen LogP contribution in [0.15, 0.2) is 42.5 Å². The van der Waals surface area contributed by atoms with E-state index in [1.54, 1.807) is 36.3 Å². The van der Waals surface area contributed by atoms with Crippen LogP contribution in [-0.4, -0.2) is 24.7 Å². The summed E-state index contributed by atoms with van der Waals surface area (Å²) in [5, 5.41) is 9.65. The van der Waals surface area contributed by atoms with Gasteiger partial charge in [-0.25, -0.2) is 9.18 Å². The van der Waals surface area contributed by atoms with Crippen LogP contribution >= 0.6 is 0 Å². The van der Waals surface area contributed by atoms with E-state index >= 15 is 0 Å². The fourth-order valence-electron chi connectivity index (χ4n) is 2.91. The molecule has 0 spiro atoms. The number of halogens is 1. The quantitative estimate of drug-likeness (QED) is 0.946. The standard InChI is InChI=1S/C17H16FNO3/c1-22-14-6-7-15-11(10-14)8-9-19(16(15)17(20)21)13-4-2-12(18)3-5-13/h2-7,10,16H,8-9H2,1H3,(H,20,21)/t16-/m0/s1. The average molecular weight is 301 g/mol. The highest BCUT2D eigenvalue weighted by atomic mass is 19.1. The molecule has 0 unspecified atom stereocenters. The number of nitrogens with zero attached hydrogens (tertiary/aromatic N) is 1. The van der Waals surface area contributed by atoms with Crippen molar-refractivity contribution in [2.24, 2.45) is 0 Å². The SMILES string of the molecule is COc1ccc2c(c1)CCN(c1ccc(F)cc1)[C@@H]2C(=O)O. The lowest BCUT2D eigenvalue weighted by Crippen LogP contribution is -2.39. The lowest BCUT2D eigenvalue weighted by molar-refractivity contribution is -0.138. The molecule has 4 nitrogen and oxygen atoms in total. The number of carbonyl (C=O) groups is 1. The van der Waals surface area contributed by atoms with Crippen molar-refractivity contribution in [1.29, 1.82) is 0 Å². The van der Waals surface area contributed by atoms with Gasteiger partial charge in [0.05, 0.1) is 7.11 Å².